The number of amides is 2. The minimum absolute atomic E-state index is 0.263. The maximum atomic E-state index is 12.6. The zero-order chi connectivity index (χ0) is 12.9. The van der Waals surface area contributed by atoms with Gasteiger partial charge in [0.2, 0.25) is 0 Å². The van der Waals surface area contributed by atoms with Crippen molar-refractivity contribution in [3.05, 3.63) is 24.1 Å². The molecule has 0 aliphatic carbocycles. The lowest BCUT2D eigenvalue weighted by molar-refractivity contribution is 0.245. The van der Waals surface area contributed by atoms with Crippen LogP contribution in [0.4, 0.5) is 15.0 Å². The van der Waals surface area contributed by atoms with E-state index in [1.54, 1.807) is 6.92 Å². The Hall–Kier alpha value is -2.09. The molecule has 0 radical (unpaired) electrons. The molecule has 5 heteroatoms. The molecule has 0 aliphatic heterocycles. The van der Waals surface area contributed by atoms with Gasteiger partial charge in [-0.2, -0.15) is 0 Å². The Morgan fingerprint density at radius 3 is 2.82 bits per heavy atom. The van der Waals surface area contributed by atoms with Crippen LogP contribution < -0.4 is 10.6 Å². The van der Waals surface area contributed by atoms with Crippen molar-refractivity contribution in [2.24, 2.45) is 0 Å². The fourth-order valence-electron chi connectivity index (χ4n) is 1.07. The highest BCUT2D eigenvalue weighted by Gasteiger charge is 2.21. The first-order chi connectivity index (χ1) is 7.99. The Labute approximate surface area is 99.6 Å². The topological polar surface area (TPSA) is 54.0 Å². The van der Waals surface area contributed by atoms with Crippen molar-refractivity contribution < 1.29 is 9.18 Å². The number of pyridine rings is 1. The van der Waals surface area contributed by atoms with E-state index in [4.69, 9.17) is 6.42 Å². The second kappa shape index (κ2) is 5.30. The number of halogens is 1. The largest absolute Gasteiger partial charge is 0.322 e. The molecule has 0 aromatic carbocycles. The fraction of sp³-hybridized carbons (Fsp3) is 0.333. The lowest BCUT2D eigenvalue weighted by Gasteiger charge is -2.23. The molecule has 17 heavy (non-hydrogen) atoms. The number of urea groups is 1. The first kappa shape index (κ1) is 13.0. The quantitative estimate of drug-likeness (QED) is 0.789. The van der Waals surface area contributed by atoms with Crippen LogP contribution in [0.15, 0.2) is 18.3 Å². The number of hydrogen-bond acceptors (Lipinski definition) is 2. The Morgan fingerprint density at radius 2 is 2.35 bits per heavy atom. The second-order valence-electron chi connectivity index (χ2n) is 3.77. The summed E-state index contributed by atoms with van der Waals surface area (Å²) in [5.74, 6) is 2.30. The summed E-state index contributed by atoms with van der Waals surface area (Å²) in [6.45, 7) is 3.61. The summed E-state index contributed by atoms with van der Waals surface area (Å²) in [6.07, 6.45) is 6.95. The summed E-state index contributed by atoms with van der Waals surface area (Å²) in [5, 5.41) is 5.11. The molecule has 0 fully saturated rings. The zero-order valence-electron chi connectivity index (χ0n) is 9.75. The van der Waals surface area contributed by atoms with Gasteiger partial charge in [-0.15, -0.1) is 6.42 Å². The maximum Gasteiger partial charge on any atom is 0.321 e. The van der Waals surface area contributed by atoms with Gasteiger partial charge in [0.1, 0.15) is 11.6 Å². The molecule has 90 valence electrons. The number of nitrogens with zero attached hydrogens (tertiary/aromatic N) is 1. The monoisotopic (exact) mass is 235 g/mol. The van der Waals surface area contributed by atoms with Gasteiger partial charge in [-0.1, -0.05) is 12.8 Å². The number of aromatic nitrogens is 1. The Bertz CT molecular complexity index is 438. The van der Waals surface area contributed by atoms with Crippen molar-refractivity contribution in [2.45, 2.75) is 25.8 Å². The molecular weight excluding hydrogens is 221 g/mol. The van der Waals surface area contributed by atoms with Gasteiger partial charge in [-0.05, 0) is 25.5 Å². The molecule has 1 aromatic heterocycles. The molecular formula is C12H14FN3O. The number of terminal acetylenes is 1. The minimum atomic E-state index is -0.704. The lowest BCUT2D eigenvalue weighted by atomic mass is 10.0. The van der Waals surface area contributed by atoms with E-state index in [0.29, 0.717) is 6.42 Å². The van der Waals surface area contributed by atoms with Crippen LogP contribution in [-0.4, -0.2) is 16.6 Å². The fourth-order valence-corrected chi connectivity index (χ4v) is 1.07. The summed E-state index contributed by atoms with van der Waals surface area (Å²) in [4.78, 5) is 15.3. The van der Waals surface area contributed by atoms with Crippen molar-refractivity contribution in [2.75, 3.05) is 5.32 Å². The van der Waals surface area contributed by atoms with Gasteiger partial charge < -0.3 is 5.32 Å². The third kappa shape index (κ3) is 3.76. The molecule has 0 aliphatic rings. The molecule has 1 rings (SSSR count). The van der Waals surface area contributed by atoms with Crippen LogP contribution in [-0.2, 0) is 0 Å². The zero-order valence-corrected chi connectivity index (χ0v) is 9.75. The molecule has 0 saturated heterocycles. The van der Waals surface area contributed by atoms with Crippen molar-refractivity contribution >= 4 is 11.8 Å². The van der Waals surface area contributed by atoms with Crippen LogP contribution in [0.3, 0.4) is 0 Å². The first-order valence-corrected chi connectivity index (χ1v) is 5.17. The van der Waals surface area contributed by atoms with E-state index in [2.05, 4.69) is 21.5 Å². The Balaban J connectivity index is 2.62. The number of anilines is 1. The third-order valence-electron chi connectivity index (χ3n) is 2.38. The van der Waals surface area contributed by atoms with Crippen LogP contribution >= 0.6 is 0 Å². The van der Waals surface area contributed by atoms with E-state index in [1.165, 1.54) is 12.1 Å². The van der Waals surface area contributed by atoms with E-state index in [9.17, 15) is 9.18 Å². The van der Waals surface area contributed by atoms with E-state index in [1.807, 2.05) is 6.92 Å². The van der Waals surface area contributed by atoms with Crippen LogP contribution in [0.5, 0.6) is 0 Å². The molecule has 1 aromatic rings. The summed E-state index contributed by atoms with van der Waals surface area (Å²) in [5.41, 5.74) is -0.704. The van der Waals surface area contributed by atoms with Crippen LogP contribution in [0.2, 0.25) is 0 Å². The highest BCUT2D eigenvalue weighted by atomic mass is 19.1. The predicted octanol–water partition coefficient (Wildman–Crippen LogP) is 2.14. The van der Waals surface area contributed by atoms with Crippen molar-refractivity contribution in [1.29, 1.82) is 0 Å². The average Bonchev–Trinajstić information content (AvgIpc) is 2.32. The summed E-state index contributed by atoms with van der Waals surface area (Å²) in [7, 11) is 0. The minimum Gasteiger partial charge on any atom is -0.322 e. The Morgan fingerprint density at radius 1 is 1.65 bits per heavy atom. The van der Waals surface area contributed by atoms with Gasteiger partial charge in [0.25, 0.3) is 0 Å². The highest BCUT2D eigenvalue weighted by Crippen LogP contribution is 2.08. The number of nitrogens with one attached hydrogen (secondary N) is 2. The summed E-state index contributed by atoms with van der Waals surface area (Å²) < 4.78 is 12.6. The van der Waals surface area contributed by atoms with E-state index in [-0.39, 0.29) is 5.82 Å². The number of carbonyl (C=O) groups is 1. The lowest BCUT2D eigenvalue weighted by Crippen LogP contribution is -2.46. The standard InChI is InChI=1S/C12H14FN3O/c1-4-12(3,5-2)16-11(17)15-10-7-6-9(13)8-14-10/h1,6-8H,5H2,2-3H3,(H2,14,15,16,17)/t12-/m1/s1. The molecule has 0 spiro atoms. The molecule has 0 unspecified atom stereocenters. The van der Waals surface area contributed by atoms with Crippen LogP contribution in [0.1, 0.15) is 20.3 Å². The average molecular weight is 235 g/mol. The van der Waals surface area contributed by atoms with Gasteiger partial charge >= 0.3 is 6.03 Å². The van der Waals surface area contributed by atoms with Gasteiger partial charge in [-0.25, -0.2) is 14.2 Å². The number of hydrogen-bond donors (Lipinski definition) is 2. The van der Waals surface area contributed by atoms with Gasteiger partial charge in [0.05, 0.1) is 11.7 Å². The van der Waals surface area contributed by atoms with Crippen LogP contribution in [0, 0.1) is 18.2 Å². The van der Waals surface area contributed by atoms with Gasteiger partial charge in [-0.3, -0.25) is 5.32 Å². The van der Waals surface area contributed by atoms with Gasteiger partial charge in [0, 0.05) is 0 Å². The first-order valence-electron chi connectivity index (χ1n) is 5.17. The third-order valence-corrected chi connectivity index (χ3v) is 2.38. The molecule has 2 N–H and O–H groups in total. The van der Waals surface area contributed by atoms with Gasteiger partial charge in [0.15, 0.2) is 0 Å². The molecule has 1 heterocycles. The van der Waals surface area contributed by atoms with E-state index >= 15 is 0 Å². The Kier molecular flexibility index (Phi) is 4.05. The van der Waals surface area contributed by atoms with E-state index < -0.39 is 17.4 Å². The number of carbonyl (C=O) groups excluding carboxylic acids is 1. The summed E-state index contributed by atoms with van der Waals surface area (Å²) in [6, 6.07) is 2.11. The highest BCUT2D eigenvalue weighted by molar-refractivity contribution is 5.89. The molecule has 4 nitrogen and oxygen atoms in total. The second-order valence-corrected chi connectivity index (χ2v) is 3.77. The number of rotatable bonds is 3. The van der Waals surface area contributed by atoms with Crippen LogP contribution in [0.25, 0.3) is 0 Å². The van der Waals surface area contributed by atoms with Crippen molar-refractivity contribution in [3.63, 3.8) is 0 Å². The van der Waals surface area contributed by atoms with Crippen molar-refractivity contribution in [3.8, 4) is 12.3 Å². The summed E-state index contributed by atoms with van der Waals surface area (Å²) >= 11 is 0. The van der Waals surface area contributed by atoms with E-state index in [0.717, 1.165) is 6.20 Å². The normalized spacial score (nSPS) is 13.3. The SMILES string of the molecule is C#C[C@](C)(CC)NC(=O)Nc1ccc(F)cn1. The molecule has 0 saturated carbocycles. The smallest absolute Gasteiger partial charge is 0.321 e. The molecule has 1 atom stereocenters. The van der Waals surface area contributed by atoms with Crippen molar-refractivity contribution in [1.82, 2.24) is 10.3 Å². The molecule has 0 bridgehead atoms. The predicted molar refractivity (Wildman–Crippen MR) is 63.9 cm³/mol. The maximum absolute atomic E-state index is 12.6. The molecule has 2 amide bonds.